The molecule has 18 heavy (non-hydrogen) atoms. The smallest absolute Gasteiger partial charge is 0.170 e. The number of nitrogens with one attached hydrogen (secondary N) is 1. The van der Waals surface area contributed by atoms with Crippen LogP contribution in [0.25, 0.3) is 0 Å². The SMILES string of the molecule is CCC(=O)C1(c2ccc(SC)cc2)CNCCO1. The minimum atomic E-state index is -0.788. The zero-order valence-electron chi connectivity index (χ0n) is 10.9. The molecule has 0 spiro atoms. The van der Waals surface area contributed by atoms with Gasteiger partial charge in [-0.05, 0) is 24.0 Å². The predicted octanol–water partition coefficient (Wildman–Crippen LogP) is 2.20. The molecule has 3 nitrogen and oxygen atoms in total. The Morgan fingerprint density at radius 2 is 2.17 bits per heavy atom. The van der Waals surface area contributed by atoms with Crippen molar-refractivity contribution in [2.45, 2.75) is 23.8 Å². The van der Waals surface area contributed by atoms with Crippen LogP contribution in [0.4, 0.5) is 0 Å². The summed E-state index contributed by atoms with van der Waals surface area (Å²) in [5, 5.41) is 3.27. The Morgan fingerprint density at radius 1 is 1.44 bits per heavy atom. The number of Topliss-reactive ketones (excluding diaryl/α,β-unsaturated/α-hetero) is 1. The molecule has 0 aromatic heterocycles. The van der Waals surface area contributed by atoms with Gasteiger partial charge >= 0.3 is 0 Å². The van der Waals surface area contributed by atoms with Crippen LogP contribution in [0.1, 0.15) is 18.9 Å². The summed E-state index contributed by atoms with van der Waals surface area (Å²) in [7, 11) is 0. The van der Waals surface area contributed by atoms with Gasteiger partial charge in [0, 0.05) is 24.4 Å². The molecule has 1 aromatic carbocycles. The first-order chi connectivity index (χ1) is 8.73. The summed E-state index contributed by atoms with van der Waals surface area (Å²) in [4.78, 5) is 13.5. The lowest BCUT2D eigenvalue weighted by Crippen LogP contribution is -2.52. The summed E-state index contributed by atoms with van der Waals surface area (Å²) in [6.45, 7) is 3.84. The van der Waals surface area contributed by atoms with Crippen molar-refractivity contribution in [1.29, 1.82) is 0 Å². The van der Waals surface area contributed by atoms with Crippen LogP contribution in [0.2, 0.25) is 0 Å². The molecule has 1 unspecified atom stereocenters. The Bertz CT molecular complexity index is 410. The minimum Gasteiger partial charge on any atom is -0.360 e. The maximum absolute atomic E-state index is 12.3. The summed E-state index contributed by atoms with van der Waals surface area (Å²) in [6, 6.07) is 8.10. The van der Waals surface area contributed by atoms with Gasteiger partial charge in [0.15, 0.2) is 11.4 Å². The van der Waals surface area contributed by atoms with Crippen molar-refractivity contribution < 1.29 is 9.53 Å². The maximum atomic E-state index is 12.3. The summed E-state index contributed by atoms with van der Waals surface area (Å²) < 4.78 is 5.86. The molecule has 1 aliphatic rings. The average molecular weight is 265 g/mol. The molecule has 1 aliphatic heterocycles. The van der Waals surface area contributed by atoms with Gasteiger partial charge in [0.1, 0.15) is 0 Å². The molecule has 1 saturated heterocycles. The third-order valence-electron chi connectivity index (χ3n) is 3.33. The van der Waals surface area contributed by atoms with Gasteiger partial charge in [0.25, 0.3) is 0 Å². The number of carbonyl (C=O) groups excluding carboxylic acids is 1. The largest absolute Gasteiger partial charge is 0.360 e. The van der Waals surface area contributed by atoms with Gasteiger partial charge in [-0.15, -0.1) is 11.8 Å². The fourth-order valence-electron chi connectivity index (χ4n) is 2.28. The Balaban J connectivity index is 2.35. The van der Waals surface area contributed by atoms with Gasteiger partial charge in [-0.1, -0.05) is 19.1 Å². The summed E-state index contributed by atoms with van der Waals surface area (Å²) in [6.07, 6.45) is 2.53. The number of hydrogen-bond donors (Lipinski definition) is 1. The average Bonchev–Trinajstić information content (AvgIpc) is 2.47. The Hall–Kier alpha value is -0.840. The van der Waals surface area contributed by atoms with Crippen LogP contribution in [0, 0.1) is 0 Å². The molecule has 1 heterocycles. The Morgan fingerprint density at radius 3 is 2.67 bits per heavy atom. The number of rotatable bonds is 4. The van der Waals surface area contributed by atoms with Gasteiger partial charge in [0.2, 0.25) is 0 Å². The van der Waals surface area contributed by atoms with E-state index in [1.54, 1.807) is 11.8 Å². The topological polar surface area (TPSA) is 38.3 Å². The van der Waals surface area contributed by atoms with E-state index >= 15 is 0 Å². The van der Waals surface area contributed by atoms with Crippen molar-refractivity contribution in [3.63, 3.8) is 0 Å². The van der Waals surface area contributed by atoms with Gasteiger partial charge in [-0.3, -0.25) is 4.79 Å². The van der Waals surface area contributed by atoms with Crippen molar-refractivity contribution in [2.75, 3.05) is 26.0 Å². The van der Waals surface area contributed by atoms with E-state index in [2.05, 4.69) is 5.32 Å². The van der Waals surface area contributed by atoms with E-state index in [9.17, 15) is 4.79 Å². The molecule has 0 radical (unpaired) electrons. The molecule has 0 saturated carbocycles. The van der Waals surface area contributed by atoms with E-state index in [4.69, 9.17) is 4.74 Å². The van der Waals surface area contributed by atoms with Gasteiger partial charge in [0.05, 0.1) is 6.61 Å². The summed E-state index contributed by atoms with van der Waals surface area (Å²) >= 11 is 1.70. The zero-order chi connectivity index (χ0) is 13.0. The van der Waals surface area contributed by atoms with E-state index in [0.717, 1.165) is 12.1 Å². The fourth-order valence-corrected chi connectivity index (χ4v) is 2.69. The van der Waals surface area contributed by atoms with Crippen LogP contribution in [0.3, 0.4) is 0 Å². The first-order valence-corrected chi connectivity index (χ1v) is 7.48. The first kappa shape index (κ1) is 13.6. The molecule has 4 heteroatoms. The number of hydrogen-bond acceptors (Lipinski definition) is 4. The fraction of sp³-hybridized carbons (Fsp3) is 0.500. The highest BCUT2D eigenvalue weighted by atomic mass is 32.2. The number of ether oxygens (including phenoxy) is 1. The lowest BCUT2D eigenvalue weighted by molar-refractivity contribution is -0.149. The molecular weight excluding hydrogens is 246 g/mol. The molecule has 1 aromatic rings. The number of carbonyl (C=O) groups is 1. The second-order valence-electron chi connectivity index (χ2n) is 4.36. The second-order valence-corrected chi connectivity index (χ2v) is 5.24. The lowest BCUT2D eigenvalue weighted by atomic mass is 9.87. The maximum Gasteiger partial charge on any atom is 0.170 e. The quantitative estimate of drug-likeness (QED) is 0.847. The molecule has 2 rings (SSSR count). The minimum absolute atomic E-state index is 0.145. The van der Waals surface area contributed by atoms with E-state index in [-0.39, 0.29) is 5.78 Å². The number of ketones is 1. The van der Waals surface area contributed by atoms with Crippen molar-refractivity contribution in [3.8, 4) is 0 Å². The van der Waals surface area contributed by atoms with Crippen LogP contribution in [-0.4, -0.2) is 31.7 Å². The number of morpholine rings is 1. The Labute approximate surface area is 112 Å². The van der Waals surface area contributed by atoms with Crippen molar-refractivity contribution in [2.24, 2.45) is 0 Å². The van der Waals surface area contributed by atoms with Crippen LogP contribution < -0.4 is 5.32 Å². The Kier molecular flexibility index (Phi) is 4.43. The van der Waals surface area contributed by atoms with Crippen molar-refractivity contribution in [3.05, 3.63) is 29.8 Å². The van der Waals surface area contributed by atoms with Crippen LogP contribution in [0.15, 0.2) is 29.2 Å². The molecule has 1 atom stereocenters. The molecule has 1 fully saturated rings. The van der Waals surface area contributed by atoms with E-state index in [1.807, 2.05) is 37.4 Å². The summed E-state index contributed by atoms with van der Waals surface area (Å²) in [5.41, 5.74) is 0.170. The highest BCUT2D eigenvalue weighted by Gasteiger charge is 2.41. The normalized spacial score (nSPS) is 23.9. The van der Waals surface area contributed by atoms with Crippen molar-refractivity contribution >= 4 is 17.5 Å². The van der Waals surface area contributed by atoms with E-state index in [1.165, 1.54) is 4.90 Å². The predicted molar refractivity (Wildman–Crippen MR) is 74.0 cm³/mol. The highest BCUT2D eigenvalue weighted by molar-refractivity contribution is 7.98. The monoisotopic (exact) mass is 265 g/mol. The first-order valence-electron chi connectivity index (χ1n) is 6.25. The van der Waals surface area contributed by atoms with Crippen LogP contribution in [0.5, 0.6) is 0 Å². The second kappa shape index (κ2) is 5.87. The highest BCUT2D eigenvalue weighted by Crippen LogP contribution is 2.30. The van der Waals surface area contributed by atoms with Gasteiger partial charge in [-0.25, -0.2) is 0 Å². The number of benzene rings is 1. The molecule has 0 amide bonds. The van der Waals surface area contributed by atoms with Gasteiger partial charge in [-0.2, -0.15) is 0 Å². The molecule has 1 N–H and O–H groups in total. The standard InChI is InChI=1S/C14H19NO2S/c1-3-13(16)14(10-15-8-9-17-14)11-4-6-12(18-2)7-5-11/h4-7,15H,3,8-10H2,1-2H3. The van der Waals surface area contributed by atoms with Crippen LogP contribution in [-0.2, 0) is 15.1 Å². The summed E-state index contributed by atoms with van der Waals surface area (Å²) in [5.74, 6) is 0.145. The van der Waals surface area contributed by atoms with Gasteiger partial charge < -0.3 is 10.1 Å². The van der Waals surface area contributed by atoms with E-state index < -0.39 is 5.60 Å². The molecular formula is C14H19NO2S. The molecule has 98 valence electrons. The number of thioether (sulfide) groups is 1. The lowest BCUT2D eigenvalue weighted by Gasteiger charge is -2.36. The third kappa shape index (κ3) is 2.46. The van der Waals surface area contributed by atoms with E-state index in [0.29, 0.717) is 19.6 Å². The van der Waals surface area contributed by atoms with Crippen LogP contribution >= 0.6 is 11.8 Å². The molecule has 0 aliphatic carbocycles. The van der Waals surface area contributed by atoms with Crippen molar-refractivity contribution in [1.82, 2.24) is 5.32 Å². The molecule has 0 bridgehead atoms. The zero-order valence-corrected chi connectivity index (χ0v) is 11.7. The third-order valence-corrected chi connectivity index (χ3v) is 4.07.